The van der Waals surface area contributed by atoms with Crippen LogP contribution in [-0.2, 0) is 4.79 Å². The molecule has 2 aromatic rings. The van der Waals surface area contributed by atoms with Gasteiger partial charge in [-0.05, 0) is 55.7 Å². The Hall–Kier alpha value is -2.88. The second kappa shape index (κ2) is 8.48. The monoisotopic (exact) mass is 349 g/mol. The Labute approximate surface area is 154 Å². The predicted octanol–water partition coefficient (Wildman–Crippen LogP) is 3.89. The summed E-state index contributed by atoms with van der Waals surface area (Å²) in [6.07, 6.45) is 5.51. The van der Waals surface area contributed by atoms with E-state index in [0.717, 1.165) is 31.5 Å². The number of benzene rings is 2. The molecule has 1 amide bonds. The summed E-state index contributed by atoms with van der Waals surface area (Å²) in [4.78, 5) is 26.0. The van der Waals surface area contributed by atoms with Crippen LogP contribution in [0.3, 0.4) is 0 Å². The maximum absolute atomic E-state index is 12.2. The first-order chi connectivity index (χ1) is 12.6. The molecule has 1 fully saturated rings. The van der Waals surface area contributed by atoms with E-state index < -0.39 is 0 Å². The molecule has 4 nitrogen and oxygen atoms in total. The van der Waals surface area contributed by atoms with Crippen molar-refractivity contribution in [2.24, 2.45) is 0 Å². The van der Waals surface area contributed by atoms with E-state index >= 15 is 0 Å². The van der Waals surface area contributed by atoms with Crippen LogP contribution in [0.4, 0.5) is 0 Å². The van der Waals surface area contributed by atoms with Crippen molar-refractivity contribution in [3.8, 4) is 5.75 Å². The molecule has 0 radical (unpaired) electrons. The summed E-state index contributed by atoms with van der Waals surface area (Å²) in [7, 11) is 0. The van der Waals surface area contributed by atoms with Crippen LogP contribution in [0.15, 0.2) is 54.6 Å². The number of hydrogen-bond acceptors (Lipinski definition) is 3. The Morgan fingerprint density at radius 2 is 1.65 bits per heavy atom. The van der Waals surface area contributed by atoms with Crippen molar-refractivity contribution in [2.75, 3.05) is 19.7 Å². The van der Waals surface area contributed by atoms with Crippen molar-refractivity contribution >= 4 is 17.8 Å². The molecule has 0 N–H and O–H groups in total. The molecule has 1 heterocycles. The number of amides is 1. The Morgan fingerprint density at radius 3 is 2.31 bits per heavy atom. The van der Waals surface area contributed by atoms with E-state index in [-0.39, 0.29) is 18.3 Å². The zero-order chi connectivity index (χ0) is 18.4. The number of ketones is 1. The SMILES string of the molecule is Cc1ccc(/C=C/C(=O)c2ccc(OCC(=O)N3CCCC3)cc2)cc1. The number of hydrogen-bond donors (Lipinski definition) is 0. The van der Waals surface area contributed by atoms with E-state index in [1.54, 1.807) is 36.4 Å². The van der Waals surface area contributed by atoms with Gasteiger partial charge in [-0.3, -0.25) is 9.59 Å². The molecule has 1 saturated heterocycles. The normalized spacial score (nSPS) is 14.0. The average molecular weight is 349 g/mol. The number of allylic oxidation sites excluding steroid dienone is 1. The summed E-state index contributed by atoms with van der Waals surface area (Å²) >= 11 is 0. The fourth-order valence-electron chi connectivity index (χ4n) is 2.86. The van der Waals surface area contributed by atoms with Crippen LogP contribution < -0.4 is 4.74 Å². The number of carbonyl (C=O) groups excluding carboxylic acids is 2. The first kappa shape index (κ1) is 17.9. The number of aryl methyl sites for hydroxylation is 1. The highest BCUT2D eigenvalue weighted by atomic mass is 16.5. The van der Waals surface area contributed by atoms with Gasteiger partial charge in [0.05, 0.1) is 0 Å². The van der Waals surface area contributed by atoms with E-state index in [0.29, 0.717) is 11.3 Å². The quantitative estimate of drug-likeness (QED) is 0.587. The maximum atomic E-state index is 12.2. The van der Waals surface area contributed by atoms with Gasteiger partial charge < -0.3 is 9.64 Å². The van der Waals surface area contributed by atoms with Crippen LogP contribution in [0.2, 0.25) is 0 Å². The van der Waals surface area contributed by atoms with Gasteiger partial charge in [0.15, 0.2) is 12.4 Å². The van der Waals surface area contributed by atoms with Gasteiger partial charge in [-0.15, -0.1) is 0 Å². The van der Waals surface area contributed by atoms with Crippen LogP contribution in [0.25, 0.3) is 6.08 Å². The topological polar surface area (TPSA) is 46.6 Å². The lowest BCUT2D eigenvalue weighted by Crippen LogP contribution is -2.32. The molecular formula is C22H23NO3. The molecule has 0 aliphatic carbocycles. The van der Waals surface area contributed by atoms with Crippen molar-refractivity contribution in [1.82, 2.24) is 4.90 Å². The summed E-state index contributed by atoms with van der Waals surface area (Å²) < 4.78 is 5.53. The van der Waals surface area contributed by atoms with Crippen molar-refractivity contribution < 1.29 is 14.3 Å². The third-order valence-corrected chi connectivity index (χ3v) is 4.46. The minimum atomic E-state index is -0.0646. The summed E-state index contributed by atoms with van der Waals surface area (Å²) in [5, 5.41) is 0. The summed E-state index contributed by atoms with van der Waals surface area (Å²) in [5.41, 5.74) is 2.77. The minimum Gasteiger partial charge on any atom is -0.484 e. The van der Waals surface area contributed by atoms with Crippen molar-refractivity contribution in [3.63, 3.8) is 0 Å². The molecule has 0 bridgehead atoms. The van der Waals surface area contributed by atoms with E-state index in [2.05, 4.69) is 0 Å². The maximum Gasteiger partial charge on any atom is 0.260 e. The predicted molar refractivity (Wildman–Crippen MR) is 102 cm³/mol. The smallest absolute Gasteiger partial charge is 0.260 e. The lowest BCUT2D eigenvalue weighted by atomic mass is 10.1. The fraction of sp³-hybridized carbons (Fsp3) is 0.273. The molecule has 3 rings (SSSR count). The third kappa shape index (κ3) is 4.82. The van der Waals surface area contributed by atoms with Crippen LogP contribution in [-0.4, -0.2) is 36.3 Å². The average Bonchev–Trinajstić information content (AvgIpc) is 3.21. The van der Waals surface area contributed by atoms with Gasteiger partial charge in [-0.25, -0.2) is 0 Å². The second-order valence-electron chi connectivity index (χ2n) is 6.51. The Kier molecular flexibility index (Phi) is 5.84. The van der Waals surface area contributed by atoms with E-state index in [9.17, 15) is 9.59 Å². The molecule has 0 atom stereocenters. The van der Waals surface area contributed by atoms with Gasteiger partial charge in [-0.2, -0.15) is 0 Å². The fourth-order valence-corrected chi connectivity index (χ4v) is 2.86. The zero-order valence-corrected chi connectivity index (χ0v) is 15.0. The number of nitrogens with zero attached hydrogens (tertiary/aromatic N) is 1. The van der Waals surface area contributed by atoms with Gasteiger partial charge in [0.25, 0.3) is 5.91 Å². The van der Waals surface area contributed by atoms with E-state index in [1.807, 2.05) is 36.1 Å². The summed E-state index contributed by atoms with van der Waals surface area (Å²) in [5.74, 6) is 0.547. The Morgan fingerprint density at radius 1 is 1.00 bits per heavy atom. The lowest BCUT2D eigenvalue weighted by Gasteiger charge is -2.15. The van der Waals surface area contributed by atoms with Gasteiger partial charge in [0, 0.05) is 18.7 Å². The van der Waals surface area contributed by atoms with Crippen LogP contribution >= 0.6 is 0 Å². The van der Waals surface area contributed by atoms with Gasteiger partial charge >= 0.3 is 0 Å². The number of rotatable bonds is 6. The molecule has 26 heavy (non-hydrogen) atoms. The number of ether oxygens (including phenoxy) is 1. The highest BCUT2D eigenvalue weighted by Crippen LogP contribution is 2.15. The molecule has 1 aliphatic rings. The standard InChI is InChI=1S/C22H23NO3/c1-17-4-6-18(7-5-17)8-13-21(24)19-9-11-20(12-10-19)26-16-22(25)23-14-2-3-15-23/h4-13H,2-3,14-16H2,1H3/b13-8+. The largest absolute Gasteiger partial charge is 0.484 e. The summed E-state index contributed by atoms with van der Waals surface area (Å²) in [6, 6.07) is 14.9. The van der Waals surface area contributed by atoms with Crippen molar-refractivity contribution in [2.45, 2.75) is 19.8 Å². The van der Waals surface area contributed by atoms with E-state index in [4.69, 9.17) is 4.74 Å². The first-order valence-electron chi connectivity index (χ1n) is 8.91. The lowest BCUT2D eigenvalue weighted by molar-refractivity contribution is -0.132. The number of carbonyl (C=O) groups is 2. The van der Waals surface area contributed by atoms with Crippen LogP contribution in [0, 0.1) is 6.92 Å². The van der Waals surface area contributed by atoms with Crippen molar-refractivity contribution in [1.29, 1.82) is 0 Å². The second-order valence-corrected chi connectivity index (χ2v) is 6.51. The van der Waals surface area contributed by atoms with Gasteiger partial charge in [0.2, 0.25) is 0 Å². The summed E-state index contributed by atoms with van der Waals surface area (Å²) in [6.45, 7) is 3.72. The Balaban J connectivity index is 1.53. The molecule has 0 saturated carbocycles. The van der Waals surface area contributed by atoms with Gasteiger partial charge in [-0.1, -0.05) is 35.9 Å². The highest BCUT2D eigenvalue weighted by molar-refractivity contribution is 6.06. The number of likely N-dealkylation sites (tertiary alicyclic amines) is 1. The van der Waals surface area contributed by atoms with Crippen LogP contribution in [0.1, 0.15) is 34.3 Å². The third-order valence-electron chi connectivity index (χ3n) is 4.46. The molecule has 1 aliphatic heterocycles. The molecule has 0 unspecified atom stereocenters. The molecule has 2 aromatic carbocycles. The Bertz CT molecular complexity index is 785. The highest BCUT2D eigenvalue weighted by Gasteiger charge is 2.18. The minimum absolute atomic E-state index is 0.0173. The zero-order valence-electron chi connectivity index (χ0n) is 15.0. The van der Waals surface area contributed by atoms with Gasteiger partial charge in [0.1, 0.15) is 5.75 Å². The molecule has 0 aromatic heterocycles. The van der Waals surface area contributed by atoms with Crippen molar-refractivity contribution in [3.05, 3.63) is 71.3 Å². The first-order valence-corrected chi connectivity index (χ1v) is 8.91. The van der Waals surface area contributed by atoms with E-state index in [1.165, 1.54) is 5.56 Å². The molecule has 0 spiro atoms. The van der Waals surface area contributed by atoms with Crippen LogP contribution in [0.5, 0.6) is 5.75 Å². The molecule has 134 valence electrons. The molecule has 4 heteroatoms. The molecular weight excluding hydrogens is 326 g/mol.